The second-order valence-corrected chi connectivity index (χ2v) is 8.03. The molecule has 0 spiro atoms. The number of hydrogen-bond donors (Lipinski definition) is 2. The van der Waals surface area contributed by atoms with Crippen molar-refractivity contribution < 1.29 is 36.5 Å². The molecule has 1 fully saturated rings. The van der Waals surface area contributed by atoms with E-state index in [1.165, 1.54) is 4.90 Å². The molecule has 1 aliphatic heterocycles. The number of carbonyl (C=O) groups is 3. The lowest BCUT2D eigenvalue weighted by atomic mass is 10.2. The summed E-state index contributed by atoms with van der Waals surface area (Å²) in [7, 11) is -3.72. The molecule has 2 atom stereocenters. The lowest BCUT2D eigenvalue weighted by Gasteiger charge is -2.23. The average Bonchev–Trinajstić information content (AvgIpc) is 3.00. The maximum atomic E-state index is 12.5. The standard InChI is InChI=1S/C17H23N3O8S/c1-29(24,25)28-14-7-13(10-26-11-15(21)19-16(18)22)20(8-14)17(23)27-9-12-5-3-2-4-6-12/h2-6,13-14H,7-11H2,1H3,(H3,18,19,21,22)/t13-,14+/m0/s1. The first kappa shape index (κ1) is 22.6. The summed E-state index contributed by atoms with van der Waals surface area (Å²) in [6.45, 7) is -0.509. The third-order valence-electron chi connectivity index (χ3n) is 3.93. The Bertz CT molecular complexity index is 830. The summed E-state index contributed by atoms with van der Waals surface area (Å²) in [5.41, 5.74) is 5.63. The predicted molar refractivity (Wildman–Crippen MR) is 100.0 cm³/mol. The Kier molecular flexibility index (Phi) is 7.93. The minimum absolute atomic E-state index is 0.0117. The Morgan fingerprint density at radius 3 is 2.55 bits per heavy atom. The van der Waals surface area contributed by atoms with E-state index < -0.39 is 46.9 Å². The number of rotatable bonds is 8. The summed E-state index contributed by atoms with van der Waals surface area (Å²) in [4.78, 5) is 35.8. The van der Waals surface area contributed by atoms with E-state index >= 15 is 0 Å². The lowest BCUT2D eigenvalue weighted by Crippen LogP contribution is -2.41. The topological polar surface area (TPSA) is 154 Å². The smallest absolute Gasteiger partial charge is 0.410 e. The maximum Gasteiger partial charge on any atom is 0.410 e. The summed E-state index contributed by atoms with van der Waals surface area (Å²) in [5, 5.41) is 1.85. The fourth-order valence-corrected chi connectivity index (χ4v) is 3.47. The minimum atomic E-state index is -3.72. The number of benzene rings is 1. The Morgan fingerprint density at radius 1 is 1.24 bits per heavy atom. The Hall–Kier alpha value is -2.70. The molecule has 2 rings (SSSR count). The molecule has 1 heterocycles. The number of nitrogens with two attached hydrogens (primary N) is 1. The molecule has 11 nitrogen and oxygen atoms in total. The Morgan fingerprint density at radius 2 is 1.93 bits per heavy atom. The summed E-state index contributed by atoms with van der Waals surface area (Å²) in [5.74, 6) is -0.738. The number of primary amides is 1. The molecule has 1 aromatic carbocycles. The highest BCUT2D eigenvalue weighted by Gasteiger charge is 2.38. The Labute approximate surface area is 168 Å². The molecule has 0 unspecified atom stereocenters. The van der Waals surface area contributed by atoms with Crippen LogP contribution in [0.2, 0.25) is 0 Å². The molecule has 0 aliphatic carbocycles. The van der Waals surface area contributed by atoms with Gasteiger partial charge in [-0.05, 0) is 12.0 Å². The first-order chi connectivity index (χ1) is 13.6. The van der Waals surface area contributed by atoms with E-state index in [2.05, 4.69) is 0 Å². The zero-order valence-electron chi connectivity index (χ0n) is 15.8. The molecule has 29 heavy (non-hydrogen) atoms. The van der Waals surface area contributed by atoms with Crippen molar-refractivity contribution in [2.75, 3.05) is 26.0 Å². The van der Waals surface area contributed by atoms with E-state index in [1.807, 2.05) is 23.5 Å². The quantitative estimate of drug-likeness (QED) is 0.545. The monoisotopic (exact) mass is 429 g/mol. The molecule has 0 radical (unpaired) electrons. The SMILES string of the molecule is CS(=O)(=O)O[C@@H]1C[C@@H](COCC(=O)NC(N)=O)N(C(=O)OCc2ccccc2)C1. The van der Waals surface area contributed by atoms with Gasteiger partial charge in [0.2, 0.25) is 0 Å². The first-order valence-electron chi connectivity index (χ1n) is 8.66. The van der Waals surface area contributed by atoms with Crippen molar-refractivity contribution in [3.05, 3.63) is 35.9 Å². The summed E-state index contributed by atoms with van der Waals surface area (Å²) >= 11 is 0. The van der Waals surface area contributed by atoms with E-state index in [-0.39, 0.29) is 26.2 Å². The first-order valence-corrected chi connectivity index (χ1v) is 10.5. The van der Waals surface area contributed by atoms with Gasteiger partial charge < -0.3 is 20.1 Å². The Balaban J connectivity index is 1.95. The highest BCUT2D eigenvalue weighted by atomic mass is 32.2. The van der Waals surface area contributed by atoms with Crippen LogP contribution in [-0.4, -0.2) is 69.5 Å². The van der Waals surface area contributed by atoms with Gasteiger partial charge in [0.25, 0.3) is 16.0 Å². The van der Waals surface area contributed by atoms with Crippen LogP contribution in [0.1, 0.15) is 12.0 Å². The average molecular weight is 429 g/mol. The van der Waals surface area contributed by atoms with Crippen molar-refractivity contribution in [1.82, 2.24) is 10.2 Å². The van der Waals surface area contributed by atoms with Crippen molar-refractivity contribution >= 4 is 28.1 Å². The second-order valence-electron chi connectivity index (χ2n) is 6.43. The van der Waals surface area contributed by atoms with Crippen molar-refractivity contribution in [3.8, 4) is 0 Å². The van der Waals surface area contributed by atoms with Crippen LogP contribution in [0.25, 0.3) is 0 Å². The number of carbonyl (C=O) groups excluding carboxylic acids is 3. The lowest BCUT2D eigenvalue weighted by molar-refractivity contribution is -0.124. The molecular formula is C17H23N3O8S. The molecule has 1 aliphatic rings. The maximum absolute atomic E-state index is 12.5. The van der Waals surface area contributed by atoms with Crippen LogP contribution in [0, 0.1) is 0 Å². The zero-order chi connectivity index (χ0) is 21.4. The van der Waals surface area contributed by atoms with Gasteiger partial charge in [0.05, 0.1) is 31.6 Å². The van der Waals surface area contributed by atoms with Crippen molar-refractivity contribution in [2.24, 2.45) is 5.73 Å². The van der Waals surface area contributed by atoms with E-state index in [1.54, 1.807) is 12.1 Å². The van der Waals surface area contributed by atoms with Crippen LogP contribution in [0.3, 0.4) is 0 Å². The van der Waals surface area contributed by atoms with Gasteiger partial charge in [-0.2, -0.15) is 8.42 Å². The van der Waals surface area contributed by atoms with Gasteiger partial charge in [-0.15, -0.1) is 0 Å². The highest BCUT2D eigenvalue weighted by Crippen LogP contribution is 2.23. The number of imide groups is 1. The third kappa shape index (κ3) is 8.05. The second kappa shape index (κ2) is 10.2. The number of hydrogen-bond acceptors (Lipinski definition) is 8. The van der Waals surface area contributed by atoms with Gasteiger partial charge in [-0.25, -0.2) is 9.59 Å². The summed E-state index contributed by atoms with van der Waals surface area (Å²) in [6.07, 6.45) is -0.334. The van der Waals surface area contributed by atoms with Gasteiger partial charge in [0, 0.05) is 0 Å². The van der Waals surface area contributed by atoms with Gasteiger partial charge in [0.1, 0.15) is 13.2 Å². The predicted octanol–water partition coefficient (Wildman–Crippen LogP) is -0.0462. The van der Waals surface area contributed by atoms with E-state index in [0.29, 0.717) is 0 Å². The van der Waals surface area contributed by atoms with Crippen LogP contribution in [0.4, 0.5) is 9.59 Å². The number of amides is 4. The molecule has 0 aromatic heterocycles. The molecule has 12 heteroatoms. The highest BCUT2D eigenvalue weighted by molar-refractivity contribution is 7.86. The van der Waals surface area contributed by atoms with E-state index in [0.717, 1.165) is 11.8 Å². The molecule has 0 saturated carbocycles. The molecule has 4 amide bonds. The van der Waals surface area contributed by atoms with Gasteiger partial charge in [-0.3, -0.25) is 14.3 Å². The molecular weight excluding hydrogens is 406 g/mol. The van der Waals surface area contributed by atoms with Gasteiger partial charge in [0.15, 0.2) is 0 Å². The third-order valence-corrected chi connectivity index (χ3v) is 4.55. The number of urea groups is 1. The van der Waals surface area contributed by atoms with Crippen molar-refractivity contribution in [2.45, 2.75) is 25.2 Å². The van der Waals surface area contributed by atoms with Crippen LogP contribution < -0.4 is 11.1 Å². The molecule has 1 aromatic rings. The number of ether oxygens (including phenoxy) is 2. The molecule has 0 bridgehead atoms. The summed E-state index contributed by atoms with van der Waals surface area (Å²) in [6, 6.07) is 7.46. The van der Waals surface area contributed by atoms with Crippen LogP contribution in [-0.2, 0) is 35.2 Å². The minimum Gasteiger partial charge on any atom is -0.445 e. The van der Waals surface area contributed by atoms with Gasteiger partial charge in [-0.1, -0.05) is 30.3 Å². The number of nitrogens with one attached hydrogen (secondary N) is 1. The van der Waals surface area contributed by atoms with Gasteiger partial charge >= 0.3 is 12.1 Å². The number of nitrogens with zero attached hydrogens (tertiary/aromatic N) is 1. The molecule has 3 N–H and O–H groups in total. The van der Waals surface area contributed by atoms with Crippen molar-refractivity contribution in [3.63, 3.8) is 0 Å². The largest absolute Gasteiger partial charge is 0.445 e. The van der Waals surface area contributed by atoms with Crippen molar-refractivity contribution in [1.29, 1.82) is 0 Å². The summed E-state index contributed by atoms with van der Waals surface area (Å²) < 4.78 is 38.3. The fraction of sp³-hybridized carbons (Fsp3) is 0.471. The zero-order valence-corrected chi connectivity index (χ0v) is 16.6. The van der Waals surface area contributed by atoms with Crippen LogP contribution in [0.5, 0.6) is 0 Å². The van der Waals surface area contributed by atoms with Crippen LogP contribution >= 0.6 is 0 Å². The normalized spacial score (nSPS) is 19.0. The molecule has 160 valence electrons. The fourth-order valence-electron chi connectivity index (χ4n) is 2.84. The van der Waals surface area contributed by atoms with E-state index in [4.69, 9.17) is 19.4 Å². The van der Waals surface area contributed by atoms with Crippen LogP contribution in [0.15, 0.2) is 30.3 Å². The number of likely N-dealkylation sites (tertiary alicyclic amines) is 1. The molecule has 1 saturated heterocycles. The van der Waals surface area contributed by atoms with E-state index in [9.17, 15) is 22.8 Å².